The molecule has 2 heterocycles. The van der Waals surface area contributed by atoms with Crippen LogP contribution in [0.15, 0.2) is 42.7 Å². The van der Waals surface area contributed by atoms with E-state index in [9.17, 15) is 0 Å². The van der Waals surface area contributed by atoms with Gasteiger partial charge in [0.1, 0.15) is 12.4 Å². The highest BCUT2D eigenvalue weighted by Gasteiger charge is 2.10. The number of H-pyrrole nitrogens is 1. The zero-order valence-corrected chi connectivity index (χ0v) is 15.7. The fourth-order valence-electron chi connectivity index (χ4n) is 3.68. The molecule has 0 aliphatic rings. The molecule has 134 valence electrons. The second-order valence-electron chi connectivity index (χ2n) is 6.75. The largest absolute Gasteiger partial charge is 0.492 e. The lowest BCUT2D eigenvalue weighted by atomic mass is 10.0. The zero-order chi connectivity index (χ0) is 18.1. The molecule has 2 aromatic carbocycles. The fourth-order valence-corrected chi connectivity index (χ4v) is 3.68. The Balaban J connectivity index is 1.70. The summed E-state index contributed by atoms with van der Waals surface area (Å²) in [5.41, 5.74) is 3.49. The number of likely N-dealkylation sites (N-methyl/N-ethyl adjacent to an activating group) is 1. The fraction of sp³-hybridized carbons (Fsp3) is 0.318. The van der Waals surface area contributed by atoms with E-state index in [1.807, 2.05) is 12.4 Å². The van der Waals surface area contributed by atoms with Gasteiger partial charge in [0.05, 0.1) is 5.52 Å². The third-order valence-electron chi connectivity index (χ3n) is 5.23. The molecule has 2 aromatic heterocycles. The first-order valence-electron chi connectivity index (χ1n) is 9.35. The van der Waals surface area contributed by atoms with Crippen molar-refractivity contribution in [3.63, 3.8) is 0 Å². The van der Waals surface area contributed by atoms with Crippen molar-refractivity contribution in [2.45, 2.75) is 20.8 Å². The van der Waals surface area contributed by atoms with Crippen LogP contribution in [0.4, 0.5) is 0 Å². The Kier molecular flexibility index (Phi) is 4.51. The summed E-state index contributed by atoms with van der Waals surface area (Å²) in [6, 6.07) is 10.7. The second kappa shape index (κ2) is 6.96. The van der Waals surface area contributed by atoms with Gasteiger partial charge < -0.3 is 14.6 Å². The molecule has 4 rings (SSSR count). The van der Waals surface area contributed by atoms with E-state index >= 15 is 0 Å². The average Bonchev–Trinajstić information content (AvgIpc) is 3.05. The maximum absolute atomic E-state index is 5.99. The van der Waals surface area contributed by atoms with Crippen molar-refractivity contribution in [1.29, 1.82) is 0 Å². The number of benzene rings is 2. The normalized spacial score (nSPS) is 11.8. The number of aromatic amines is 1. The van der Waals surface area contributed by atoms with Crippen molar-refractivity contribution in [3.8, 4) is 5.75 Å². The summed E-state index contributed by atoms with van der Waals surface area (Å²) in [7, 11) is 0. The molecule has 0 amide bonds. The Bertz CT molecular complexity index is 1060. The molecule has 0 aliphatic heterocycles. The van der Waals surface area contributed by atoms with Crippen LogP contribution in [0.2, 0.25) is 0 Å². The molecule has 0 atom stereocenters. The number of aromatic nitrogens is 2. The number of aryl methyl sites for hydroxylation is 1. The number of hydrogen-bond donors (Lipinski definition) is 1. The maximum Gasteiger partial charge on any atom is 0.120 e. The van der Waals surface area contributed by atoms with E-state index in [1.165, 1.54) is 32.6 Å². The van der Waals surface area contributed by atoms with E-state index in [2.05, 4.69) is 66.0 Å². The van der Waals surface area contributed by atoms with E-state index in [-0.39, 0.29) is 0 Å². The van der Waals surface area contributed by atoms with Gasteiger partial charge in [-0.15, -0.1) is 0 Å². The Morgan fingerprint density at radius 3 is 2.69 bits per heavy atom. The second-order valence-corrected chi connectivity index (χ2v) is 6.75. The van der Waals surface area contributed by atoms with Gasteiger partial charge in [0.2, 0.25) is 0 Å². The van der Waals surface area contributed by atoms with Crippen LogP contribution in [0.1, 0.15) is 19.4 Å². The molecule has 0 saturated carbocycles. The molecule has 4 heteroatoms. The summed E-state index contributed by atoms with van der Waals surface area (Å²) in [4.78, 5) is 10.3. The summed E-state index contributed by atoms with van der Waals surface area (Å²) in [5, 5.41) is 4.85. The summed E-state index contributed by atoms with van der Waals surface area (Å²) >= 11 is 0. The number of pyridine rings is 1. The lowest BCUT2D eigenvalue weighted by Crippen LogP contribution is -2.27. The predicted molar refractivity (Wildman–Crippen MR) is 109 cm³/mol. The average molecular weight is 347 g/mol. The van der Waals surface area contributed by atoms with Gasteiger partial charge in [-0.1, -0.05) is 19.9 Å². The molecule has 0 fully saturated rings. The van der Waals surface area contributed by atoms with Gasteiger partial charge in [-0.25, -0.2) is 0 Å². The monoisotopic (exact) mass is 347 g/mol. The van der Waals surface area contributed by atoms with Crippen molar-refractivity contribution in [1.82, 2.24) is 14.9 Å². The van der Waals surface area contributed by atoms with Crippen LogP contribution in [0, 0.1) is 6.92 Å². The van der Waals surface area contributed by atoms with E-state index in [0.717, 1.165) is 30.9 Å². The molecule has 1 N–H and O–H groups in total. The van der Waals surface area contributed by atoms with Crippen LogP contribution in [0.25, 0.3) is 32.6 Å². The van der Waals surface area contributed by atoms with Gasteiger partial charge in [0.25, 0.3) is 0 Å². The molecule has 0 spiro atoms. The lowest BCUT2D eigenvalue weighted by Gasteiger charge is -2.18. The smallest absolute Gasteiger partial charge is 0.120 e. The quantitative estimate of drug-likeness (QED) is 0.539. The first kappa shape index (κ1) is 16.9. The standard InChI is InChI=1S/C22H25N3O/c1-4-25(5-2)10-11-26-17-7-8-18-16(12-17)6-9-20-21(18)19-14-23-13-15(3)22(19)24-20/h6-9,12-14,24H,4-5,10-11H2,1-3H3. The first-order chi connectivity index (χ1) is 12.7. The molecule has 0 saturated heterocycles. The zero-order valence-electron chi connectivity index (χ0n) is 15.7. The summed E-state index contributed by atoms with van der Waals surface area (Å²) in [6.07, 6.45) is 3.86. The van der Waals surface area contributed by atoms with Gasteiger partial charge in [0, 0.05) is 35.2 Å². The molecule has 26 heavy (non-hydrogen) atoms. The molecular weight excluding hydrogens is 322 g/mol. The Hall–Kier alpha value is -2.59. The summed E-state index contributed by atoms with van der Waals surface area (Å²) in [6.45, 7) is 10.2. The van der Waals surface area contributed by atoms with Crippen LogP contribution < -0.4 is 4.74 Å². The number of rotatable bonds is 6. The van der Waals surface area contributed by atoms with Crippen LogP contribution >= 0.6 is 0 Å². The van der Waals surface area contributed by atoms with E-state index in [4.69, 9.17) is 4.74 Å². The Morgan fingerprint density at radius 1 is 1.04 bits per heavy atom. The van der Waals surface area contributed by atoms with Gasteiger partial charge in [-0.3, -0.25) is 4.98 Å². The molecular formula is C22H25N3O. The molecule has 0 aliphatic carbocycles. The Labute approximate surface area is 153 Å². The number of hydrogen-bond acceptors (Lipinski definition) is 3. The van der Waals surface area contributed by atoms with Crippen LogP contribution in [-0.4, -0.2) is 41.1 Å². The third kappa shape index (κ3) is 2.90. The van der Waals surface area contributed by atoms with Crippen molar-refractivity contribution in [2.75, 3.05) is 26.2 Å². The van der Waals surface area contributed by atoms with Crippen molar-refractivity contribution in [3.05, 3.63) is 48.3 Å². The molecule has 0 radical (unpaired) electrons. The summed E-state index contributed by atoms with van der Waals surface area (Å²) < 4.78 is 5.99. The van der Waals surface area contributed by atoms with Gasteiger partial charge in [0.15, 0.2) is 0 Å². The van der Waals surface area contributed by atoms with Gasteiger partial charge >= 0.3 is 0 Å². The van der Waals surface area contributed by atoms with Crippen LogP contribution in [0.5, 0.6) is 5.75 Å². The third-order valence-corrected chi connectivity index (χ3v) is 5.23. The van der Waals surface area contributed by atoms with Crippen LogP contribution in [0.3, 0.4) is 0 Å². The summed E-state index contributed by atoms with van der Waals surface area (Å²) in [5.74, 6) is 0.929. The predicted octanol–water partition coefficient (Wildman–Crippen LogP) is 4.90. The van der Waals surface area contributed by atoms with E-state index in [0.29, 0.717) is 6.61 Å². The van der Waals surface area contributed by atoms with Crippen molar-refractivity contribution >= 4 is 32.6 Å². The van der Waals surface area contributed by atoms with E-state index < -0.39 is 0 Å². The van der Waals surface area contributed by atoms with E-state index in [1.54, 1.807) is 0 Å². The number of nitrogens with one attached hydrogen (secondary N) is 1. The number of fused-ring (bicyclic) bond motifs is 5. The Morgan fingerprint density at radius 2 is 1.88 bits per heavy atom. The first-order valence-corrected chi connectivity index (χ1v) is 9.35. The maximum atomic E-state index is 5.99. The molecule has 0 unspecified atom stereocenters. The van der Waals surface area contributed by atoms with Gasteiger partial charge in [-0.05, 0) is 60.6 Å². The number of ether oxygens (including phenoxy) is 1. The highest BCUT2D eigenvalue weighted by atomic mass is 16.5. The highest BCUT2D eigenvalue weighted by Crippen LogP contribution is 2.34. The highest BCUT2D eigenvalue weighted by molar-refractivity contribution is 6.20. The minimum atomic E-state index is 0.714. The minimum absolute atomic E-state index is 0.714. The van der Waals surface area contributed by atoms with Gasteiger partial charge in [-0.2, -0.15) is 0 Å². The molecule has 0 bridgehead atoms. The topological polar surface area (TPSA) is 41.1 Å². The SMILES string of the molecule is CCN(CC)CCOc1ccc2c(ccc3[nH]c4c(C)cncc4c32)c1. The molecule has 4 aromatic rings. The number of nitrogens with zero attached hydrogens (tertiary/aromatic N) is 2. The molecule has 4 nitrogen and oxygen atoms in total. The minimum Gasteiger partial charge on any atom is -0.492 e. The van der Waals surface area contributed by atoms with Crippen LogP contribution in [-0.2, 0) is 0 Å². The van der Waals surface area contributed by atoms with Crippen molar-refractivity contribution < 1.29 is 4.74 Å². The lowest BCUT2D eigenvalue weighted by molar-refractivity contribution is 0.223. The van der Waals surface area contributed by atoms with Crippen molar-refractivity contribution in [2.24, 2.45) is 0 Å².